The minimum atomic E-state index is -9.01. The predicted molar refractivity (Wildman–Crippen MR) is 203 cm³/mol. The normalized spacial score (nSPS) is 14.3. The van der Waals surface area contributed by atoms with Gasteiger partial charge in [0.15, 0.2) is 0 Å². The fraction of sp³-hybridized carbons (Fsp3) is 0.355. The summed E-state index contributed by atoms with van der Waals surface area (Å²) < 4.78 is 323. The summed E-state index contributed by atoms with van der Waals surface area (Å²) in [5.74, 6) is -54.8. The first-order valence-corrected chi connectivity index (χ1v) is 22.1. The zero-order valence-electron chi connectivity index (χ0n) is 33.0. The Morgan fingerprint density at radius 1 is 0.629 bits per heavy atom. The third-order valence-electron chi connectivity index (χ3n) is 8.63. The number of benzene rings is 3. The minimum Gasteiger partial charge on any atom is -0.353 e. The lowest BCUT2D eigenvalue weighted by Crippen LogP contribution is -2.75. The summed E-state index contributed by atoms with van der Waals surface area (Å²) in [6, 6.07) is 8.08. The molecule has 6 N–H and O–H groups in total. The number of fused-ring (bicyclic) bond motifs is 1. The van der Waals surface area contributed by atoms with Crippen molar-refractivity contribution in [3.63, 3.8) is 0 Å². The Balaban J connectivity index is 1.55. The minimum absolute atomic E-state index is 0.109. The highest BCUT2D eigenvalue weighted by molar-refractivity contribution is 7.90. The number of alkyl halides is 17. The number of carbonyl (C=O) groups excluding carboxylic acids is 1. The molecule has 1 heterocycles. The monoisotopic (exact) mass is 1120 g/mol. The Labute approximate surface area is 382 Å². The van der Waals surface area contributed by atoms with Gasteiger partial charge in [-0.25, -0.2) is 13.1 Å². The summed E-state index contributed by atoms with van der Waals surface area (Å²) in [6.07, 6.45) is -7.98. The number of nitrogens with zero attached hydrogens (tertiary/aromatic N) is 5. The van der Waals surface area contributed by atoms with Crippen LogP contribution in [-0.2, 0) is 35.1 Å². The van der Waals surface area contributed by atoms with Gasteiger partial charge in [-0.3, -0.25) is 13.9 Å². The summed E-state index contributed by atoms with van der Waals surface area (Å²) in [7, 11) is -17.7. The van der Waals surface area contributed by atoms with E-state index in [4.69, 9.17) is 11.6 Å². The summed E-state index contributed by atoms with van der Waals surface area (Å²) in [6.45, 7) is -1.98. The van der Waals surface area contributed by atoms with Gasteiger partial charge in [0, 0.05) is 36.5 Å². The second kappa shape index (κ2) is 18.6. The Kier molecular flexibility index (Phi) is 15.1. The number of sulfonamides is 1. The second-order valence-corrected chi connectivity index (χ2v) is 18.4. The molecular formula is C31H21ClF17N9O9S3. The molecule has 0 radical (unpaired) electrons. The molecule has 1 aromatic heterocycles. The highest BCUT2D eigenvalue weighted by atomic mass is 35.5. The molecule has 0 atom stereocenters. The van der Waals surface area contributed by atoms with Crippen LogP contribution in [0.15, 0.2) is 68.6 Å². The molecule has 0 aliphatic heterocycles. The molecule has 388 valence electrons. The van der Waals surface area contributed by atoms with Gasteiger partial charge in [0.2, 0.25) is 23.1 Å². The van der Waals surface area contributed by atoms with Crippen molar-refractivity contribution in [1.29, 1.82) is 0 Å². The van der Waals surface area contributed by atoms with Crippen molar-refractivity contribution in [3.05, 3.63) is 53.8 Å². The van der Waals surface area contributed by atoms with Gasteiger partial charge < -0.3 is 16.0 Å². The molecule has 0 spiro atoms. The number of rotatable bonds is 19. The van der Waals surface area contributed by atoms with Crippen LogP contribution >= 0.6 is 11.6 Å². The van der Waals surface area contributed by atoms with Gasteiger partial charge in [0.1, 0.15) is 15.5 Å². The van der Waals surface area contributed by atoms with E-state index in [1.807, 2.05) is 5.32 Å². The fourth-order valence-corrected chi connectivity index (χ4v) is 7.89. The molecule has 0 unspecified atom stereocenters. The third kappa shape index (κ3) is 10.4. The number of hydrogen-bond acceptors (Lipinski definition) is 14. The van der Waals surface area contributed by atoms with E-state index in [9.17, 15) is 114 Å². The highest BCUT2D eigenvalue weighted by Crippen LogP contribution is 2.64. The number of halogens is 18. The molecule has 0 saturated carbocycles. The maximum atomic E-state index is 14.4. The van der Waals surface area contributed by atoms with Crippen molar-refractivity contribution in [2.24, 2.45) is 10.2 Å². The molecule has 0 fully saturated rings. The number of nitrogens with one attached hydrogen (secondary N) is 4. The van der Waals surface area contributed by atoms with Crippen molar-refractivity contribution in [1.82, 2.24) is 19.7 Å². The number of anilines is 4. The van der Waals surface area contributed by atoms with E-state index in [1.165, 1.54) is 0 Å². The first-order chi connectivity index (χ1) is 31.4. The van der Waals surface area contributed by atoms with Crippen molar-refractivity contribution < 1.29 is 114 Å². The van der Waals surface area contributed by atoms with Crippen LogP contribution in [0, 0.1) is 0 Å². The van der Waals surface area contributed by atoms with Crippen LogP contribution in [0.2, 0.25) is 5.28 Å². The maximum Gasteiger partial charge on any atom is 0.460 e. The van der Waals surface area contributed by atoms with E-state index in [1.54, 1.807) is 0 Å². The lowest BCUT2D eigenvalue weighted by atomic mass is 9.91. The smallest absolute Gasteiger partial charge is 0.353 e. The van der Waals surface area contributed by atoms with Crippen LogP contribution in [0.4, 0.5) is 109 Å². The van der Waals surface area contributed by atoms with Crippen LogP contribution in [0.25, 0.3) is 10.8 Å². The van der Waals surface area contributed by atoms with Gasteiger partial charge in [0.25, 0.3) is 30.3 Å². The molecular weight excluding hydrogens is 1100 g/mol. The zero-order valence-corrected chi connectivity index (χ0v) is 36.3. The van der Waals surface area contributed by atoms with E-state index in [-0.39, 0.29) is 22.4 Å². The topological polar surface area (TPSA) is 271 Å². The Morgan fingerprint density at radius 2 is 1.16 bits per heavy atom. The molecule has 70 heavy (non-hydrogen) atoms. The van der Waals surface area contributed by atoms with Gasteiger partial charge in [-0.15, -0.1) is 5.11 Å². The van der Waals surface area contributed by atoms with E-state index in [0.717, 1.165) is 55.5 Å². The number of amides is 1. The van der Waals surface area contributed by atoms with Gasteiger partial charge in [0.05, 0.1) is 11.4 Å². The van der Waals surface area contributed by atoms with Gasteiger partial charge >= 0.3 is 47.0 Å². The summed E-state index contributed by atoms with van der Waals surface area (Å²) in [5.41, 5.74) is -1.00. The fourth-order valence-electron chi connectivity index (χ4n) is 5.29. The summed E-state index contributed by atoms with van der Waals surface area (Å²) >= 11 is 5.78. The Morgan fingerprint density at radius 3 is 1.69 bits per heavy atom. The van der Waals surface area contributed by atoms with Crippen molar-refractivity contribution >= 4 is 93.2 Å². The van der Waals surface area contributed by atoms with E-state index in [0.29, 0.717) is 4.72 Å². The first kappa shape index (κ1) is 57.0. The standard InChI is InChI=1S/C31H21ClF17N9O9S3/c1-12(59)52-18-10-13(5-6-17(18)58-57-14-9-16-15(20(11-14)69(63,64)65)3-2-4-19(16)68(60,61)62)53-23-55-21(32)54-22(56-23)50-7-8-51-70(66,67)31(48,49)29(43,44)27(39,40)25(35,36)24(33,34)26(37,38)28(41,42)30(45,46)47/h2-6,9-11,51H,7-8H2,1H3,(H,52,59)(H,60,61,62)(H,63,64,65)(H2,50,53,54,55,56). The van der Waals surface area contributed by atoms with E-state index >= 15 is 0 Å². The number of aromatic nitrogens is 3. The highest BCUT2D eigenvalue weighted by Gasteiger charge is 2.96. The molecule has 0 saturated heterocycles. The molecule has 4 aromatic rings. The average molecular weight is 1120 g/mol. The van der Waals surface area contributed by atoms with E-state index in [2.05, 4.69) is 35.8 Å². The molecule has 0 bridgehead atoms. The lowest BCUT2D eigenvalue weighted by Gasteiger charge is -2.42. The van der Waals surface area contributed by atoms with Gasteiger partial charge in [-0.1, -0.05) is 12.1 Å². The quantitative estimate of drug-likeness (QED) is 0.0222. The van der Waals surface area contributed by atoms with Crippen LogP contribution in [0.5, 0.6) is 0 Å². The predicted octanol–water partition coefficient (Wildman–Crippen LogP) is 8.59. The molecule has 3 aromatic carbocycles. The summed E-state index contributed by atoms with van der Waals surface area (Å²) in [5, 5.41) is 5.05. The molecule has 0 aliphatic rings. The van der Waals surface area contributed by atoms with E-state index < -0.39 is 134 Å². The summed E-state index contributed by atoms with van der Waals surface area (Å²) in [4.78, 5) is 21.1. The number of azo groups is 1. The second-order valence-electron chi connectivity index (χ2n) is 13.5. The number of hydrogen-bond donors (Lipinski definition) is 6. The largest absolute Gasteiger partial charge is 0.460 e. The average Bonchev–Trinajstić information content (AvgIpc) is 3.19. The Hall–Kier alpha value is -5.57. The zero-order chi connectivity index (χ0) is 53.9. The van der Waals surface area contributed by atoms with Crippen LogP contribution in [-0.4, -0.2) is 115 Å². The maximum absolute atomic E-state index is 14.4. The molecule has 18 nitrogen and oxygen atoms in total. The molecule has 4 rings (SSSR count). The molecule has 39 heteroatoms. The third-order valence-corrected chi connectivity index (χ3v) is 12.1. The van der Waals surface area contributed by atoms with Crippen molar-refractivity contribution in [3.8, 4) is 0 Å². The Bertz CT molecular complexity index is 3080. The van der Waals surface area contributed by atoms with Crippen LogP contribution in [0.3, 0.4) is 0 Å². The molecule has 1 amide bonds. The van der Waals surface area contributed by atoms with Crippen molar-refractivity contribution in [2.45, 2.75) is 63.7 Å². The van der Waals surface area contributed by atoms with Crippen molar-refractivity contribution in [2.75, 3.05) is 29.0 Å². The van der Waals surface area contributed by atoms with Gasteiger partial charge in [-0.05, 0) is 48.0 Å². The van der Waals surface area contributed by atoms with Crippen LogP contribution < -0.4 is 20.7 Å². The van der Waals surface area contributed by atoms with Gasteiger partial charge in [-0.2, -0.15) is 112 Å². The van der Waals surface area contributed by atoms with Crippen LogP contribution in [0.1, 0.15) is 6.92 Å². The molecule has 0 aliphatic carbocycles. The number of carbonyl (C=O) groups is 1. The lowest BCUT2D eigenvalue weighted by molar-refractivity contribution is -0.458. The SMILES string of the molecule is CC(=O)Nc1cc(Nc2nc(Cl)nc(NCCNS(=O)(=O)C(F)(F)C(F)(F)C(F)(F)C(F)(F)C(F)(F)C(F)(F)C(F)(F)C(F)(F)F)n2)ccc1N=Nc1cc(S(=O)(=O)O)c2cccc(S(=O)(=O)O)c2c1. The first-order valence-electron chi connectivity index (χ1n) is 17.4.